The lowest BCUT2D eigenvalue weighted by atomic mass is 10.3. The van der Waals surface area contributed by atoms with Crippen LogP contribution < -0.4 is 0 Å². The van der Waals surface area contributed by atoms with Gasteiger partial charge in [0.15, 0.2) is 5.54 Å². The summed E-state index contributed by atoms with van der Waals surface area (Å²) in [5.74, 6) is 0. The van der Waals surface area contributed by atoms with Crippen molar-refractivity contribution >= 4 is 0 Å². The molecule has 0 unspecified atom stereocenters. The lowest BCUT2D eigenvalue weighted by molar-refractivity contribution is 0.516. The van der Waals surface area contributed by atoms with E-state index in [1.165, 1.54) is 0 Å². The molecule has 0 aromatic carbocycles. The summed E-state index contributed by atoms with van der Waals surface area (Å²) in [6.07, 6.45) is 5.15. The first-order valence-corrected chi connectivity index (χ1v) is 3.15. The summed E-state index contributed by atoms with van der Waals surface area (Å²) in [5, 5.41) is 16.1. The third-order valence-electron chi connectivity index (χ3n) is 1.79. The number of nitriles is 1. The van der Waals surface area contributed by atoms with E-state index in [0.717, 1.165) is 12.8 Å². The van der Waals surface area contributed by atoms with Gasteiger partial charge in [-0.3, -0.25) is 0 Å². The molecule has 1 aliphatic carbocycles. The number of nitrogens with zero attached hydrogens (tertiary/aromatic N) is 4. The van der Waals surface area contributed by atoms with E-state index >= 15 is 0 Å². The lowest BCUT2D eigenvalue weighted by Crippen LogP contribution is -2.14. The van der Waals surface area contributed by atoms with Gasteiger partial charge in [0.25, 0.3) is 0 Å². The second-order valence-corrected chi connectivity index (χ2v) is 2.49. The molecule has 4 heteroatoms. The van der Waals surface area contributed by atoms with Crippen LogP contribution in [0, 0.1) is 11.3 Å². The second-order valence-electron chi connectivity index (χ2n) is 2.49. The molecule has 1 saturated carbocycles. The fraction of sp³-hybridized carbons (Fsp3) is 0.500. The average Bonchev–Trinajstić information content (AvgIpc) is 2.58. The second kappa shape index (κ2) is 1.57. The fourth-order valence-electron chi connectivity index (χ4n) is 0.947. The average molecular weight is 134 g/mol. The zero-order valence-corrected chi connectivity index (χ0v) is 5.36. The van der Waals surface area contributed by atoms with Crippen molar-refractivity contribution in [3.05, 3.63) is 12.4 Å². The van der Waals surface area contributed by atoms with Crippen molar-refractivity contribution in [1.82, 2.24) is 15.0 Å². The van der Waals surface area contributed by atoms with E-state index in [2.05, 4.69) is 16.4 Å². The molecule has 1 aromatic heterocycles. The topological polar surface area (TPSA) is 54.5 Å². The Morgan fingerprint density at radius 1 is 1.60 bits per heavy atom. The van der Waals surface area contributed by atoms with Gasteiger partial charge in [0.1, 0.15) is 0 Å². The Hall–Kier alpha value is -1.37. The van der Waals surface area contributed by atoms with Crippen LogP contribution in [0.1, 0.15) is 12.8 Å². The molecule has 1 fully saturated rings. The standard InChI is InChI=1S/C6H6N4/c7-5-6(1-2-6)10-4-3-8-9-10/h3-4H,1-2H2. The summed E-state index contributed by atoms with van der Waals surface area (Å²) in [5.41, 5.74) is -0.337. The maximum absolute atomic E-state index is 8.69. The van der Waals surface area contributed by atoms with E-state index in [9.17, 15) is 0 Å². The number of rotatable bonds is 1. The van der Waals surface area contributed by atoms with Crippen molar-refractivity contribution in [2.75, 3.05) is 0 Å². The Balaban J connectivity index is 2.38. The van der Waals surface area contributed by atoms with E-state index in [1.54, 1.807) is 17.1 Å². The fourth-order valence-corrected chi connectivity index (χ4v) is 0.947. The Labute approximate surface area is 58.1 Å². The van der Waals surface area contributed by atoms with Gasteiger partial charge in [0.05, 0.1) is 12.3 Å². The zero-order chi connectivity index (χ0) is 7.03. The van der Waals surface area contributed by atoms with Crippen molar-refractivity contribution in [2.24, 2.45) is 0 Å². The van der Waals surface area contributed by atoms with Gasteiger partial charge in [-0.25, -0.2) is 4.68 Å². The smallest absolute Gasteiger partial charge is 0.150 e. The summed E-state index contributed by atoms with van der Waals surface area (Å²) in [6, 6.07) is 2.22. The molecule has 4 nitrogen and oxygen atoms in total. The molecule has 0 radical (unpaired) electrons. The van der Waals surface area contributed by atoms with Crippen LogP contribution in [0.15, 0.2) is 12.4 Å². The maximum Gasteiger partial charge on any atom is 0.150 e. The Morgan fingerprint density at radius 2 is 2.40 bits per heavy atom. The lowest BCUT2D eigenvalue weighted by Gasteiger charge is -2.01. The van der Waals surface area contributed by atoms with Crippen LogP contribution in [0.3, 0.4) is 0 Å². The Morgan fingerprint density at radius 3 is 2.80 bits per heavy atom. The van der Waals surface area contributed by atoms with E-state index in [4.69, 9.17) is 5.26 Å². The number of hydrogen-bond acceptors (Lipinski definition) is 3. The Bertz CT molecular complexity index is 264. The van der Waals surface area contributed by atoms with Gasteiger partial charge >= 0.3 is 0 Å². The maximum atomic E-state index is 8.69. The predicted molar refractivity (Wildman–Crippen MR) is 32.8 cm³/mol. The monoisotopic (exact) mass is 134 g/mol. The first-order chi connectivity index (χ1) is 4.87. The van der Waals surface area contributed by atoms with Crippen molar-refractivity contribution < 1.29 is 0 Å². The van der Waals surface area contributed by atoms with Crippen LogP contribution >= 0.6 is 0 Å². The van der Waals surface area contributed by atoms with Crippen LogP contribution in [-0.2, 0) is 5.54 Å². The quantitative estimate of drug-likeness (QED) is 0.554. The van der Waals surface area contributed by atoms with Gasteiger partial charge in [-0.15, -0.1) is 5.10 Å². The molecule has 1 aromatic rings. The van der Waals surface area contributed by atoms with Crippen molar-refractivity contribution in [3.63, 3.8) is 0 Å². The molecular formula is C6H6N4. The molecule has 1 heterocycles. The highest BCUT2D eigenvalue weighted by Crippen LogP contribution is 2.41. The molecule has 0 spiro atoms. The highest BCUT2D eigenvalue weighted by atomic mass is 15.5. The SMILES string of the molecule is N#CC1(n2ccnn2)CC1. The molecular weight excluding hydrogens is 128 g/mol. The zero-order valence-electron chi connectivity index (χ0n) is 5.36. The minimum Gasteiger partial charge on any atom is -0.232 e. The molecule has 1 aliphatic rings. The van der Waals surface area contributed by atoms with Gasteiger partial charge in [0.2, 0.25) is 0 Å². The molecule has 50 valence electrons. The molecule has 10 heavy (non-hydrogen) atoms. The van der Waals surface area contributed by atoms with Gasteiger partial charge in [0, 0.05) is 6.20 Å². The predicted octanol–water partition coefficient (Wildman–Crippen LogP) is 0.291. The van der Waals surface area contributed by atoms with Crippen molar-refractivity contribution in [3.8, 4) is 6.07 Å². The van der Waals surface area contributed by atoms with Gasteiger partial charge in [-0.2, -0.15) is 5.26 Å². The van der Waals surface area contributed by atoms with E-state index in [1.807, 2.05) is 0 Å². The molecule has 0 aliphatic heterocycles. The number of aromatic nitrogens is 3. The molecule has 0 saturated heterocycles. The minimum absolute atomic E-state index is 0.337. The molecule has 0 bridgehead atoms. The van der Waals surface area contributed by atoms with Gasteiger partial charge in [-0.05, 0) is 12.8 Å². The molecule has 0 atom stereocenters. The summed E-state index contributed by atoms with van der Waals surface area (Å²) in [4.78, 5) is 0. The van der Waals surface area contributed by atoms with E-state index < -0.39 is 0 Å². The normalized spacial score (nSPS) is 19.9. The molecule has 0 amide bonds. The van der Waals surface area contributed by atoms with Crippen LogP contribution in [0.5, 0.6) is 0 Å². The van der Waals surface area contributed by atoms with Crippen LogP contribution in [0.25, 0.3) is 0 Å². The first kappa shape index (κ1) is 5.42. The third kappa shape index (κ3) is 0.545. The van der Waals surface area contributed by atoms with Crippen LogP contribution in [0.4, 0.5) is 0 Å². The van der Waals surface area contributed by atoms with E-state index in [0.29, 0.717) is 0 Å². The largest absolute Gasteiger partial charge is 0.232 e. The summed E-state index contributed by atoms with van der Waals surface area (Å²) in [6.45, 7) is 0. The summed E-state index contributed by atoms with van der Waals surface area (Å²) < 4.78 is 1.63. The van der Waals surface area contributed by atoms with Gasteiger partial charge < -0.3 is 0 Å². The molecule has 2 rings (SSSR count). The Kier molecular flexibility index (Phi) is 0.849. The highest BCUT2D eigenvalue weighted by Gasteiger charge is 2.46. The van der Waals surface area contributed by atoms with Crippen LogP contribution in [-0.4, -0.2) is 15.0 Å². The third-order valence-corrected chi connectivity index (χ3v) is 1.79. The first-order valence-electron chi connectivity index (χ1n) is 3.15. The van der Waals surface area contributed by atoms with Gasteiger partial charge in [-0.1, -0.05) is 5.21 Å². The number of hydrogen-bond donors (Lipinski definition) is 0. The molecule has 0 N–H and O–H groups in total. The van der Waals surface area contributed by atoms with Crippen molar-refractivity contribution in [1.29, 1.82) is 5.26 Å². The summed E-state index contributed by atoms with van der Waals surface area (Å²) in [7, 11) is 0. The minimum atomic E-state index is -0.337. The summed E-state index contributed by atoms with van der Waals surface area (Å²) >= 11 is 0. The highest BCUT2D eigenvalue weighted by molar-refractivity contribution is 5.14. The van der Waals surface area contributed by atoms with E-state index in [-0.39, 0.29) is 5.54 Å². The van der Waals surface area contributed by atoms with Crippen LogP contribution in [0.2, 0.25) is 0 Å². The van der Waals surface area contributed by atoms with Crippen molar-refractivity contribution in [2.45, 2.75) is 18.4 Å².